The molecule has 1 aromatic rings. The van der Waals surface area contributed by atoms with Crippen molar-refractivity contribution >= 4 is 5.78 Å². The molecule has 1 heterocycles. The third-order valence-corrected chi connectivity index (χ3v) is 2.99. The number of aryl methyl sites for hydroxylation is 1. The van der Waals surface area contributed by atoms with Crippen LogP contribution in [0.15, 0.2) is 4.52 Å². The molecule has 0 spiro atoms. The lowest BCUT2D eigenvalue weighted by molar-refractivity contribution is -0.118. The molecule has 3 heteroatoms. The molecule has 1 aromatic heterocycles. The highest BCUT2D eigenvalue weighted by Gasteiger charge is 2.24. The molecule has 0 aliphatic heterocycles. The molecular formula is C11H15NO2. The molecule has 0 fully saturated rings. The minimum atomic E-state index is -0.135. The van der Waals surface area contributed by atoms with Crippen LogP contribution in [0.1, 0.15) is 49.6 Å². The molecule has 1 unspecified atom stereocenters. The first-order chi connectivity index (χ1) is 6.70. The first-order valence-electron chi connectivity index (χ1n) is 5.18. The van der Waals surface area contributed by atoms with E-state index in [2.05, 4.69) is 5.16 Å². The Bertz CT molecular complexity index is 354. The topological polar surface area (TPSA) is 43.1 Å². The Morgan fingerprint density at radius 1 is 1.43 bits per heavy atom. The Hall–Kier alpha value is -1.12. The zero-order valence-corrected chi connectivity index (χ0v) is 8.67. The number of carbonyl (C=O) groups excluding carboxylic acids is 1. The molecule has 1 atom stereocenters. The molecule has 2 rings (SSSR count). The van der Waals surface area contributed by atoms with Crippen molar-refractivity contribution in [3.63, 3.8) is 0 Å². The fourth-order valence-corrected chi connectivity index (χ4v) is 1.94. The van der Waals surface area contributed by atoms with E-state index in [1.807, 2.05) is 6.92 Å². The summed E-state index contributed by atoms with van der Waals surface area (Å²) in [4.78, 5) is 11.2. The maximum absolute atomic E-state index is 11.2. The van der Waals surface area contributed by atoms with Crippen molar-refractivity contribution < 1.29 is 9.32 Å². The molecule has 1 aliphatic carbocycles. The van der Waals surface area contributed by atoms with Gasteiger partial charge in [-0.1, -0.05) is 5.16 Å². The van der Waals surface area contributed by atoms with Crippen LogP contribution in [0.25, 0.3) is 0 Å². The van der Waals surface area contributed by atoms with Crippen LogP contribution in [0.2, 0.25) is 0 Å². The summed E-state index contributed by atoms with van der Waals surface area (Å²) in [5.74, 6) is 0.811. The largest absolute Gasteiger partial charge is 0.360 e. The van der Waals surface area contributed by atoms with Crippen molar-refractivity contribution in [1.29, 1.82) is 0 Å². The van der Waals surface area contributed by atoms with E-state index in [9.17, 15) is 4.79 Å². The average molecular weight is 193 g/mol. The lowest BCUT2D eigenvalue weighted by Gasteiger charge is -2.11. The fraction of sp³-hybridized carbons (Fsp3) is 0.636. The van der Waals surface area contributed by atoms with Crippen LogP contribution in [-0.4, -0.2) is 10.9 Å². The number of aromatic nitrogens is 1. The van der Waals surface area contributed by atoms with Crippen LogP contribution in [-0.2, 0) is 17.6 Å². The maximum Gasteiger partial charge on any atom is 0.150 e. The number of Topliss-reactive ketones (excluding diaryl/α,β-unsaturated/α-hetero) is 1. The number of fused-ring (bicyclic) bond motifs is 1. The Balaban J connectivity index is 2.34. The molecule has 76 valence electrons. The number of nitrogens with zero attached hydrogens (tertiary/aromatic N) is 1. The standard InChI is InChI=1S/C11H15NO2/c1-7(8(2)13)11-9-5-3-4-6-10(9)12-14-11/h7H,3-6H2,1-2H3. The van der Waals surface area contributed by atoms with Crippen LogP contribution in [0.5, 0.6) is 0 Å². The fourth-order valence-electron chi connectivity index (χ4n) is 1.94. The lowest BCUT2D eigenvalue weighted by atomic mass is 9.91. The monoisotopic (exact) mass is 193 g/mol. The molecule has 0 N–H and O–H groups in total. The third-order valence-electron chi connectivity index (χ3n) is 2.99. The highest BCUT2D eigenvalue weighted by molar-refractivity contribution is 5.82. The Labute approximate surface area is 83.5 Å². The summed E-state index contributed by atoms with van der Waals surface area (Å²) in [5.41, 5.74) is 2.26. The van der Waals surface area contributed by atoms with Gasteiger partial charge in [0.15, 0.2) is 0 Å². The number of hydrogen-bond donors (Lipinski definition) is 0. The SMILES string of the molecule is CC(=O)C(C)c1onc2c1CCCC2. The van der Waals surface area contributed by atoms with Gasteiger partial charge in [0.05, 0.1) is 11.6 Å². The normalized spacial score (nSPS) is 17.6. The van der Waals surface area contributed by atoms with Crippen molar-refractivity contribution in [3.8, 4) is 0 Å². The summed E-state index contributed by atoms with van der Waals surface area (Å²) in [6.45, 7) is 3.49. The summed E-state index contributed by atoms with van der Waals surface area (Å²) in [6.07, 6.45) is 4.40. The van der Waals surface area contributed by atoms with Crippen LogP contribution in [0.3, 0.4) is 0 Å². The first kappa shape index (κ1) is 9.44. The Morgan fingerprint density at radius 3 is 2.86 bits per heavy atom. The van der Waals surface area contributed by atoms with Gasteiger partial charge in [0.2, 0.25) is 0 Å². The van der Waals surface area contributed by atoms with E-state index >= 15 is 0 Å². The predicted octanol–water partition coefficient (Wildman–Crippen LogP) is 2.25. The zero-order valence-electron chi connectivity index (χ0n) is 8.67. The minimum absolute atomic E-state index is 0.135. The van der Waals surface area contributed by atoms with Crippen LogP contribution < -0.4 is 0 Å². The van der Waals surface area contributed by atoms with Crippen molar-refractivity contribution in [2.75, 3.05) is 0 Å². The van der Waals surface area contributed by atoms with Gasteiger partial charge in [-0.3, -0.25) is 4.79 Å². The molecule has 1 aliphatic rings. The summed E-state index contributed by atoms with van der Waals surface area (Å²) < 4.78 is 5.27. The minimum Gasteiger partial charge on any atom is -0.360 e. The number of carbonyl (C=O) groups is 1. The smallest absolute Gasteiger partial charge is 0.150 e. The van der Waals surface area contributed by atoms with Crippen molar-refractivity contribution in [2.45, 2.75) is 45.4 Å². The number of rotatable bonds is 2. The van der Waals surface area contributed by atoms with Gasteiger partial charge in [-0.2, -0.15) is 0 Å². The van der Waals surface area contributed by atoms with Gasteiger partial charge in [0.25, 0.3) is 0 Å². The van der Waals surface area contributed by atoms with Gasteiger partial charge < -0.3 is 4.52 Å². The Morgan fingerprint density at radius 2 is 2.14 bits per heavy atom. The highest BCUT2D eigenvalue weighted by Crippen LogP contribution is 2.29. The van der Waals surface area contributed by atoms with Gasteiger partial charge in [-0.05, 0) is 39.5 Å². The van der Waals surface area contributed by atoms with Crippen LogP contribution >= 0.6 is 0 Å². The van der Waals surface area contributed by atoms with E-state index in [4.69, 9.17) is 4.52 Å². The number of hydrogen-bond acceptors (Lipinski definition) is 3. The molecule has 0 aromatic carbocycles. The van der Waals surface area contributed by atoms with E-state index in [-0.39, 0.29) is 11.7 Å². The lowest BCUT2D eigenvalue weighted by Crippen LogP contribution is -2.08. The Kier molecular flexibility index (Phi) is 2.40. The summed E-state index contributed by atoms with van der Waals surface area (Å²) in [6, 6.07) is 0. The average Bonchev–Trinajstić information content (AvgIpc) is 2.60. The summed E-state index contributed by atoms with van der Waals surface area (Å²) in [5, 5.41) is 4.03. The van der Waals surface area contributed by atoms with Crippen molar-refractivity contribution in [2.24, 2.45) is 0 Å². The molecular weight excluding hydrogens is 178 g/mol. The van der Waals surface area contributed by atoms with E-state index in [1.54, 1.807) is 6.92 Å². The second-order valence-electron chi connectivity index (χ2n) is 4.01. The predicted molar refractivity (Wildman–Crippen MR) is 52.2 cm³/mol. The molecule has 14 heavy (non-hydrogen) atoms. The summed E-state index contributed by atoms with van der Waals surface area (Å²) in [7, 11) is 0. The molecule has 0 radical (unpaired) electrons. The van der Waals surface area contributed by atoms with Gasteiger partial charge in [0.1, 0.15) is 11.5 Å². The third kappa shape index (κ3) is 1.47. The van der Waals surface area contributed by atoms with Crippen LogP contribution in [0.4, 0.5) is 0 Å². The van der Waals surface area contributed by atoms with Crippen molar-refractivity contribution in [3.05, 3.63) is 17.0 Å². The number of ketones is 1. The van der Waals surface area contributed by atoms with E-state index in [1.165, 1.54) is 18.4 Å². The van der Waals surface area contributed by atoms with Gasteiger partial charge in [-0.25, -0.2) is 0 Å². The van der Waals surface area contributed by atoms with Crippen LogP contribution in [0, 0.1) is 0 Å². The summed E-state index contributed by atoms with van der Waals surface area (Å²) >= 11 is 0. The van der Waals surface area contributed by atoms with E-state index in [0.717, 1.165) is 24.3 Å². The maximum atomic E-state index is 11.2. The van der Waals surface area contributed by atoms with Gasteiger partial charge in [0, 0.05) is 5.56 Å². The highest BCUT2D eigenvalue weighted by atomic mass is 16.5. The molecule has 0 amide bonds. The molecule has 0 saturated heterocycles. The second kappa shape index (κ2) is 3.56. The first-order valence-corrected chi connectivity index (χ1v) is 5.18. The molecule has 0 bridgehead atoms. The van der Waals surface area contributed by atoms with E-state index in [0.29, 0.717) is 0 Å². The van der Waals surface area contributed by atoms with Gasteiger partial charge >= 0.3 is 0 Å². The quantitative estimate of drug-likeness (QED) is 0.723. The van der Waals surface area contributed by atoms with Crippen molar-refractivity contribution in [1.82, 2.24) is 5.16 Å². The molecule has 0 saturated carbocycles. The van der Waals surface area contributed by atoms with Gasteiger partial charge in [-0.15, -0.1) is 0 Å². The molecule has 3 nitrogen and oxygen atoms in total. The van der Waals surface area contributed by atoms with E-state index < -0.39 is 0 Å². The zero-order chi connectivity index (χ0) is 10.1. The second-order valence-corrected chi connectivity index (χ2v) is 4.01.